The lowest BCUT2D eigenvalue weighted by atomic mass is 10.0. The summed E-state index contributed by atoms with van der Waals surface area (Å²) in [6.07, 6.45) is 3.33. The van der Waals surface area contributed by atoms with Gasteiger partial charge in [0.05, 0.1) is 11.3 Å². The van der Waals surface area contributed by atoms with Crippen molar-refractivity contribution in [2.75, 3.05) is 0 Å². The SMILES string of the molecule is O=C(/C=C\c1c(-c2ccccc2)[nH]c2ccccc12)c1ccccc1O. The summed E-state index contributed by atoms with van der Waals surface area (Å²) >= 11 is 0. The molecule has 0 radical (unpaired) electrons. The highest BCUT2D eigenvalue weighted by Gasteiger charge is 2.12. The van der Waals surface area contributed by atoms with Crippen molar-refractivity contribution in [3.05, 3.63) is 96.1 Å². The number of phenols is 1. The Morgan fingerprint density at radius 2 is 1.54 bits per heavy atom. The molecule has 1 aromatic heterocycles. The van der Waals surface area contributed by atoms with Gasteiger partial charge < -0.3 is 10.1 Å². The van der Waals surface area contributed by atoms with Crippen molar-refractivity contribution in [2.45, 2.75) is 0 Å². The minimum absolute atomic E-state index is 0.00985. The van der Waals surface area contributed by atoms with Crippen molar-refractivity contribution in [3.8, 4) is 17.0 Å². The Labute approximate surface area is 151 Å². The summed E-state index contributed by atoms with van der Waals surface area (Å²) < 4.78 is 0. The van der Waals surface area contributed by atoms with Crippen molar-refractivity contribution in [2.24, 2.45) is 0 Å². The molecule has 126 valence electrons. The Hall–Kier alpha value is -3.59. The van der Waals surface area contributed by atoms with Crippen LogP contribution in [0, 0.1) is 0 Å². The summed E-state index contributed by atoms with van der Waals surface area (Å²) in [7, 11) is 0. The highest BCUT2D eigenvalue weighted by molar-refractivity contribution is 6.10. The number of hydrogen-bond donors (Lipinski definition) is 2. The van der Waals surface area contributed by atoms with Gasteiger partial charge in [0.25, 0.3) is 0 Å². The number of hydrogen-bond acceptors (Lipinski definition) is 2. The average Bonchev–Trinajstić information content (AvgIpc) is 3.06. The van der Waals surface area contributed by atoms with Gasteiger partial charge in [0.15, 0.2) is 5.78 Å². The second-order valence-electron chi connectivity index (χ2n) is 6.04. The van der Waals surface area contributed by atoms with Crippen molar-refractivity contribution in [3.63, 3.8) is 0 Å². The molecule has 0 atom stereocenters. The molecule has 0 aliphatic rings. The van der Waals surface area contributed by atoms with Gasteiger partial charge in [-0.25, -0.2) is 0 Å². The molecule has 3 aromatic carbocycles. The van der Waals surface area contributed by atoms with E-state index >= 15 is 0 Å². The lowest BCUT2D eigenvalue weighted by Gasteiger charge is -2.02. The number of allylic oxidation sites excluding steroid dienone is 1. The number of nitrogens with one attached hydrogen (secondary N) is 1. The smallest absolute Gasteiger partial charge is 0.189 e. The fourth-order valence-electron chi connectivity index (χ4n) is 3.10. The van der Waals surface area contributed by atoms with E-state index in [1.165, 1.54) is 12.1 Å². The number of ketones is 1. The standard InChI is InChI=1S/C23H17NO2/c25-21-13-7-5-11-19(21)22(26)15-14-18-17-10-4-6-12-20(17)24-23(18)16-8-2-1-3-9-16/h1-15,24-25H/b15-14-. The van der Waals surface area contributed by atoms with Crippen LogP contribution in [0.15, 0.2) is 84.9 Å². The zero-order chi connectivity index (χ0) is 17.9. The molecule has 4 aromatic rings. The zero-order valence-electron chi connectivity index (χ0n) is 14.0. The Kier molecular flexibility index (Phi) is 4.12. The number of fused-ring (bicyclic) bond motifs is 1. The first kappa shape index (κ1) is 15.9. The van der Waals surface area contributed by atoms with Crippen LogP contribution in [0.3, 0.4) is 0 Å². The monoisotopic (exact) mass is 339 g/mol. The van der Waals surface area contributed by atoms with E-state index in [1.54, 1.807) is 18.2 Å². The van der Waals surface area contributed by atoms with Crippen molar-refractivity contribution in [1.29, 1.82) is 0 Å². The van der Waals surface area contributed by atoms with Crippen molar-refractivity contribution >= 4 is 22.8 Å². The van der Waals surface area contributed by atoms with Gasteiger partial charge in [-0.2, -0.15) is 0 Å². The maximum Gasteiger partial charge on any atom is 0.189 e. The normalized spacial score (nSPS) is 11.2. The molecule has 1 heterocycles. The van der Waals surface area contributed by atoms with Crippen LogP contribution >= 0.6 is 0 Å². The van der Waals surface area contributed by atoms with E-state index in [1.807, 2.05) is 60.7 Å². The molecule has 3 nitrogen and oxygen atoms in total. The lowest BCUT2D eigenvalue weighted by Crippen LogP contribution is -1.94. The van der Waals surface area contributed by atoms with Crippen LogP contribution in [-0.2, 0) is 0 Å². The van der Waals surface area contributed by atoms with Crippen LogP contribution in [0.5, 0.6) is 5.75 Å². The van der Waals surface area contributed by atoms with Gasteiger partial charge in [-0.15, -0.1) is 0 Å². The summed E-state index contributed by atoms with van der Waals surface area (Å²) in [6, 6.07) is 24.6. The largest absolute Gasteiger partial charge is 0.507 e. The minimum Gasteiger partial charge on any atom is -0.507 e. The molecule has 26 heavy (non-hydrogen) atoms. The lowest BCUT2D eigenvalue weighted by molar-refractivity contribution is 0.104. The molecule has 0 saturated heterocycles. The fraction of sp³-hybridized carbons (Fsp3) is 0. The number of phenolic OH excluding ortho intramolecular Hbond substituents is 1. The molecule has 0 fully saturated rings. The van der Waals surface area contributed by atoms with Gasteiger partial charge in [-0.05, 0) is 35.9 Å². The first-order chi connectivity index (χ1) is 12.7. The molecule has 2 N–H and O–H groups in total. The molecular formula is C23H17NO2. The molecule has 4 rings (SSSR count). The summed E-state index contributed by atoms with van der Waals surface area (Å²) in [4.78, 5) is 15.9. The topological polar surface area (TPSA) is 53.1 Å². The van der Waals surface area contributed by atoms with E-state index in [0.29, 0.717) is 5.56 Å². The molecule has 3 heteroatoms. The van der Waals surface area contributed by atoms with Gasteiger partial charge in [0.2, 0.25) is 0 Å². The Balaban J connectivity index is 1.81. The molecular weight excluding hydrogens is 322 g/mol. The Bertz CT molecular complexity index is 1110. The third-order valence-corrected chi connectivity index (χ3v) is 4.38. The maximum absolute atomic E-state index is 12.5. The van der Waals surface area contributed by atoms with E-state index in [4.69, 9.17) is 0 Å². The van der Waals surface area contributed by atoms with Crippen molar-refractivity contribution < 1.29 is 9.90 Å². The number of benzene rings is 3. The van der Waals surface area contributed by atoms with Gasteiger partial charge in [0.1, 0.15) is 5.75 Å². The number of aromatic hydroxyl groups is 1. The first-order valence-corrected chi connectivity index (χ1v) is 8.40. The predicted octanol–water partition coefficient (Wildman–Crippen LogP) is 5.44. The number of aromatic nitrogens is 1. The van der Waals surface area contributed by atoms with Crippen LogP contribution in [0.4, 0.5) is 0 Å². The number of aromatic amines is 1. The number of carbonyl (C=O) groups excluding carboxylic acids is 1. The third kappa shape index (κ3) is 2.91. The third-order valence-electron chi connectivity index (χ3n) is 4.38. The minimum atomic E-state index is -0.229. The van der Waals surface area contributed by atoms with Gasteiger partial charge in [-0.3, -0.25) is 4.79 Å². The Morgan fingerprint density at radius 3 is 2.35 bits per heavy atom. The maximum atomic E-state index is 12.5. The molecule has 0 bridgehead atoms. The molecule has 0 aliphatic heterocycles. The first-order valence-electron chi connectivity index (χ1n) is 8.40. The molecule has 0 amide bonds. The number of carbonyl (C=O) groups is 1. The van der Waals surface area contributed by atoms with E-state index in [9.17, 15) is 9.90 Å². The second-order valence-corrected chi connectivity index (χ2v) is 6.04. The predicted molar refractivity (Wildman–Crippen MR) is 105 cm³/mol. The fourth-order valence-corrected chi connectivity index (χ4v) is 3.10. The molecule has 0 spiro atoms. The summed E-state index contributed by atoms with van der Waals surface area (Å²) in [5.41, 5.74) is 4.29. The zero-order valence-corrected chi connectivity index (χ0v) is 14.0. The van der Waals surface area contributed by atoms with Crippen LogP contribution < -0.4 is 0 Å². The van der Waals surface area contributed by atoms with Crippen LogP contribution in [0.25, 0.3) is 28.2 Å². The quantitative estimate of drug-likeness (QED) is 0.384. The highest BCUT2D eigenvalue weighted by atomic mass is 16.3. The van der Waals surface area contributed by atoms with Crippen molar-refractivity contribution in [1.82, 2.24) is 4.98 Å². The average molecular weight is 339 g/mol. The Morgan fingerprint density at radius 1 is 0.846 bits per heavy atom. The molecule has 0 unspecified atom stereocenters. The summed E-state index contributed by atoms with van der Waals surface area (Å²) in [5, 5.41) is 10.9. The van der Waals surface area contributed by atoms with Crippen LogP contribution in [0.1, 0.15) is 15.9 Å². The number of para-hydroxylation sites is 2. The second kappa shape index (κ2) is 6.73. The van der Waals surface area contributed by atoms with Gasteiger partial charge in [-0.1, -0.05) is 60.7 Å². The van der Waals surface area contributed by atoms with E-state index in [2.05, 4.69) is 4.98 Å². The molecule has 0 aliphatic carbocycles. The summed E-state index contributed by atoms with van der Waals surface area (Å²) in [5.74, 6) is -0.239. The van der Waals surface area contributed by atoms with Gasteiger partial charge in [0, 0.05) is 16.5 Å². The molecule has 0 saturated carbocycles. The van der Waals surface area contributed by atoms with E-state index < -0.39 is 0 Å². The number of rotatable bonds is 4. The summed E-state index contributed by atoms with van der Waals surface area (Å²) in [6.45, 7) is 0. The van der Waals surface area contributed by atoms with Crippen LogP contribution in [-0.4, -0.2) is 15.9 Å². The van der Waals surface area contributed by atoms with E-state index in [0.717, 1.165) is 27.7 Å². The van der Waals surface area contributed by atoms with E-state index in [-0.39, 0.29) is 11.5 Å². The highest BCUT2D eigenvalue weighted by Crippen LogP contribution is 2.31. The van der Waals surface area contributed by atoms with Crippen LogP contribution in [0.2, 0.25) is 0 Å². The van der Waals surface area contributed by atoms with Gasteiger partial charge >= 0.3 is 0 Å². The number of H-pyrrole nitrogens is 1.